The maximum atomic E-state index is 12.5. The Labute approximate surface area is 186 Å². The second kappa shape index (κ2) is 14.3. The van der Waals surface area contributed by atoms with Crippen LogP contribution in [0.5, 0.6) is 0 Å². The second-order valence-electron chi connectivity index (χ2n) is 6.85. The summed E-state index contributed by atoms with van der Waals surface area (Å²) >= 11 is 0. The molecule has 4 unspecified atom stereocenters. The topological polar surface area (TPSA) is 289 Å². The Bertz CT molecular complexity index is 772. The second-order valence-corrected chi connectivity index (χ2v) is 6.85. The van der Waals surface area contributed by atoms with E-state index in [1.54, 1.807) is 0 Å². The Morgan fingerprint density at radius 2 is 1.18 bits per heavy atom. The molecule has 0 radical (unpaired) electrons. The zero-order valence-electron chi connectivity index (χ0n) is 17.4. The summed E-state index contributed by atoms with van der Waals surface area (Å²) in [4.78, 5) is 81.0. The van der Waals surface area contributed by atoms with Crippen LogP contribution in [0.4, 0.5) is 0 Å². The first-order chi connectivity index (χ1) is 15.3. The van der Waals surface area contributed by atoms with E-state index in [1.165, 1.54) is 0 Å². The molecule has 4 atom stereocenters. The van der Waals surface area contributed by atoms with E-state index in [4.69, 9.17) is 26.8 Å². The van der Waals surface area contributed by atoms with Gasteiger partial charge in [0.1, 0.15) is 24.2 Å². The van der Waals surface area contributed by atoms with E-state index in [2.05, 4.69) is 5.32 Å². The zero-order chi connectivity index (χ0) is 25.7. The number of primary amides is 1. The number of carboxylic acid groups (broad SMARTS) is 3. The average molecular weight is 477 g/mol. The molecule has 33 heavy (non-hydrogen) atoms. The number of hydrogen-bond acceptors (Lipinski definition) is 9. The van der Waals surface area contributed by atoms with E-state index in [1.807, 2.05) is 10.6 Å². The van der Waals surface area contributed by atoms with Crippen LogP contribution in [0.25, 0.3) is 0 Å². The molecule has 0 aliphatic heterocycles. The molecule has 0 aliphatic carbocycles. The predicted molar refractivity (Wildman–Crippen MR) is 106 cm³/mol. The fourth-order valence-electron chi connectivity index (χ4n) is 2.37. The molecule has 0 heterocycles. The molecule has 0 aromatic heterocycles. The average Bonchev–Trinajstić information content (AvgIpc) is 2.71. The minimum Gasteiger partial charge on any atom is -0.481 e. The highest BCUT2D eigenvalue weighted by molar-refractivity contribution is 5.95. The molecule has 0 spiro atoms. The van der Waals surface area contributed by atoms with Crippen molar-refractivity contribution in [2.45, 2.75) is 56.3 Å². The molecule has 186 valence electrons. The van der Waals surface area contributed by atoms with Crippen molar-refractivity contribution in [2.75, 3.05) is 6.61 Å². The number of aliphatic carboxylic acids is 3. The number of carbonyl (C=O) groups is 7. The summed E-state index contributed by atoms with van der Waals surface area (Å²) in [6, 6.07) is -6.45. The highest BCUT2D eigenvalue weighted by atomic mass is 16.4. The number of amides is 4. The van der Waals surface area contributed by atoms with Crippen LogP contribution in [-0.4, -0.2) is 92.7 Å². The van der Waals surface area contributed by atoms with Gasteiger partial charge in [0.2, 0.25) is 23.6 Å². The van der Waals surface area contributed by atoms with Crippen molar-refractivity contribution in [3.05, 3.63) is 0 Å². The summed E-state index contributed by atoms with van der Waals surface area (Å²) in [6.45, 7) is -0.807. The molecule has 11 N–H and O–H groups in total. The SMILES string of the molecule is NC(=O)CCC(NC(=O)C(CCC(=O)O)NC(=O)C(CC(=O)O)NC(=O)C(N)CO)C(=O)O. The van der Waals surface area contributed by atoms with Crippen molar-refractivity contribution in [1.82, 2.24) is 16.0 Å². The number of rotatable bonds is 16. The predicted octanol–water partition coefficient (Wildman–Crippen LogP) is -4.55. The quantitative estimate of drug-likeness (QED) is 0.101. The first kappa shape index (κ1) is 29.2. The van der Waals surface area contributed by atoms with Gasteiger partial charge in [-0.2, -0.15) is 0 Å². The largest absolute Gasteiger partial charge is 0.481 e. The summed E-state index contributed by atoms with van der Waals surface area (Å²) < 4.78 is 0. The first-order valence-corrected chi connectivity index (χ1v) is 9.50. The highest BCUT2D eigenvalue weighted by Gasteiger charge is 2.31. The van der Waals surface area contributed by atoms with E-state index >= 15 is 0 Å². The monoisotopic (exact) mass is 477 g/mol. The van der Waals surface area contributed by atoms with Gasteiger partial charge in [0.05, 0.1) is 13.0 Å². The number of nitrogens with two attached hydrogens (primary N) is 2. The molecular weight excluding hydrogens is 450 g/mol. The molecule has 0 saturated heterocycles. The van der Waals surface area contributed by atoms with E-state index in [-0.39, 0.29) is 12.8 Å². The van der Waals surface area contributed by atoms with E-state index in [0.29, 0.717) is 0 Å². The van der Waals surface area contributed by atoms with Crippen molar-refractivity contribution in [3.63, 3.8) is 0 Å². The third-order valence-electron chi connectivity index (χ3n) is 4.12. The van der Waals surface area contributed by atoms with Crippen molar-refractivity contribution >= 4 is 41.5 Å². The Hall–Kier alpha value is -3.79. The Kier molecular flexibility index (Phi) is 12.7. The van der Waals surface area contributed by atoms with Gasteiger partial charge in [0.15, 0.2) is 0 Å². The summed E-state index contributed by atoms with van der Waals surface area (Å²) in [7, 11) is 0. The van der Waals surface area contributed by atoms with Gasteiger partial charge >= 0.3 is 17.9 Å². The zero-order valence-corrected chi connectivity index (χ0v) is 17.4. The van der Waals surface area contributed by atoms with Gasteiger partial charge in [-0.05, 0) is 12.8 Å². The number of aliphatic hydroxyl groups is 1. The fourth-order valence-corrected chi connectivity index (χ4v) is 2.37. The van der Waals surface area contributed by atoms with E-state index in [9.17, 15) is 38.7 Å². The Morgan fingerprint density at radius 1 is 0.697 bits per heavy atom. The Morgan fingerprint density at radius 3 is 1.64 bits per heavy atom. The number of carboxylic acids is 3. The minimum atomic E-state index is -1.75. The normalized spacial score (nSPS) is 14.1. The van der Waals surface area contributed by atoms with Gasteiger partial charge in [0.25, 0.3) is 0 Å². The molecule has 0 rings (SSSR count). The van der Waals surface area contributed by atoms with Crippen LogP contribution in [-0.2, 0) is 33.6 Å². The first-order valence-electron chi connectivity index (χ1n) is 9.50. The lowest BCUT2D eigenvalue weighted by atomic mass is 10.1. The summed E-state index contributed by atoms with van der Waals surface area (Å²) in [5, 5.41) is 42.0. The lowest BCUT2D eigenvalue weighted by molar-refractivity contribution is -0.144. The van der Waals surface area contributed by atoms with Crippen LogP contribution in [0.15, 0.2) is 0 Å². The fraction of sp³-hybridized carbons (Fsp3) is 0.588. The number of nitrogens with one attached hydrogen (secondary N) is 3. The Balaban J connectivity index is 5.56. The number of carbonyl (C=O) groups excluding carboxylic acids is 4. The lowest BCUT2D eigenvalue weighted by Gasteiger charge is -2.24. The lowest BCUT2D eigenvalue weighted by Crippen LogP contribution is -2.57. The summed E-state index contributed by atoms with van der Waals surface area (Å²) in [5.74, 6) is -8.63. The van der Waals surface area contributed by atoms with Gasteiger partial charge < -0.3 is 47.8 Å². The molecule has 0 fully saturated rings. The number of hydrogen-bond donors (Lipinski definition) is 9. The maximum Gasteiger partial charge on any atom is 0.326 e. The van der Waals surface area contributed by atoms with Crippen molar-refractivity contribution < 1.29 is 54.0 Å². The molecule has 16 nitrogen and oxygen atoms in total. The summed E-state index contributed by atoms with van der Waals surface area (Å²) in [5.41, 5.74) is 10.2. The van der Waals surface area contributed by atoms with Crippen LogP contribution < -0.4 is 27.4 Å². The molecule has 0 aromatic rings. The molecule has 0 bridgehead atoms. The third-order valence-corrected chi connectivity index (χ3v) is 4.12. The van der Waals surface area contributed by atoms with Crippen LogP contribution >= 0.6 is 0 Å². The maximum absolute atomic E-state index is 12.5. The molecule has 0 aromatic carbocycles. The third kappa shape index (κ3) is 12.0. The smallest absolute Gasteiger partial charge is 0.326 e. The van der Waals surface area contributed by atoms with Crippen molar-refractivity contribution in [3.8, 4) is 0 Å². The number of aliphatic hydroxyl groups excluding tert-OH is 1. The molecule has 16 heteroatoms. The van der Waals surface area contributed by atoms with Gasteiger partial charge in [-0.1, -0.05) is 0 Å². The minimum absolute atomic E-state index is 0.382. The van der Waals surface area contributed by atoms with Gasteiger partial charge in [-0.3, -0.25) is 28.8 Å². The van der Waals surface area contributed by atoms with Crippen LogP contribution in [0, 0.1) is 0 Å². The molecule has 4 amide bonds. The van der Waals surface area contributed by atoms with Gasteiger partial charge in [-0.25, -0.2) is 4.79 Å². The van der Waals surface area contributed by atoms with Crippen LogP contribution in [0.2, 0.25) is 0 Å². The van der Waals surface area contributed by atoms with E-state index < -0.39 is 91.6 Å². The van der Waals surface area contributed by atoms with E-state index in [0.717, 1.165) is 0 Å². The van der Waals surface area contributed by atoms with Gasteiger partial charge in [-0.15, -0.1) is 0 Å². The highest BCUT2D eigenvalue weighted by Crippen LogP contribution is 2.04. The molecule has 0 aliphatic rings. The molecule has 0 saturated carbocycles. The summed E-state index contributed by atoms with van der Waals surface area (Å²) in [6.07, 6.45) is -2.87. The van der Waals surface area contributed by atoms with Crippen molar-refractivity contribution in [1.29, 1.82) is 0 Å². The molecular formula is C17H27N5O11. The standard InChI is InChI=1S/C17H27N5O11/c18-7(6-23)14(29)22-10(5-13(27)28)16(31)20-8(2-4-12(25)26)15(30)21-9(17(32)33)1-3-11(19)24/h7-10,23H,1-6,18H2,(H2,19,24)(H,20,31)(H,21,30)(H,22,29)(H,25,26)(H,27,28)(H,32,33). The van der Waals surface area contributed by atoms with Crippen LogP contribution in [0.3, 0.4) is 0 Å². The van der Waals surface area contributed by atoms with Gasteiger partial charge in [0, 0.05) is 12.8 Å². The van der Waals surface area contributed by atoms with Crippen molar-refractivity contribution in [2.24, 2.45) is 11.5 Å². The van der Waals surface area contributed by atoms with Crippen LogP contribution in [0.1, 0.15) is 32.1 Å².